The summed E-state index contributed by atoms with van der Waals surface area (Å²) in [6.07, 6.45) is 1.44. The van der Waals surface area contributed by atoms with Crippen LogP contribution in [0.15, 0.2) is 4.99 Å². The lowest BCUT2D eigenvalue weighted by Crippen LogP contribution is -2.19. The molecule has 0 saturated carbocycles. The smallest absolute Gasteiger partial charge is 0.0980 e. The van der Waals surface area contributed by atoms with Gasteiger partial charge in [0.1, 0.15) is 0 Å². The Morgan fingerprint density at radius 3 is 2.57 bits per heavy atom. The van der Waals surface area contributed by atoms with Gasteiger partial charge in [0, 0.05) is 0 Å². The molecule has 0 aromatic carbocycles. The van der Waals surface area contributed by atoms with E-state index in [1.807, 2.05) is 14.0 Å². The third-order valence-electron chi connectivity index (χ3n) is 0.727. The molecule has 3 heteroatoms. The fourth-order valence-electron chi connectivity index (χ4n) is 0.204. The van der Waals surface area contributed by atoms with E-state index in [2.05, 4.69) is 10.3 Å². The number of nitrogens with one attached hydrogen (secondary N) is 1. The van der Waals surface area contributed by atoms with E-state index < -0.39 is 0 Å². The zero-order valence-electron chi connectivity index (χ0n) is 4.68. The molecule has 0 aliphatic rings. The van der Waals surface area contributed by atoms with Crippen molar-refractivity contribution in [2.24, 2.45) is 10.7 Å². The zero-order valence-corrected chi connectivity index (χ0v) is 4.68. The Morgan fingerprint density at radius 2 is 2.43 bits per heavy atom. The van der Waals surface area contributed by atoms with E-state index in [1.54, 1.807) is 0 Å². The van der Waals surface area contributed by atoms with Crippen LogP contribution >= 0.6 is 0 Å². The van der Waals surface area contributed by atoms with E-state index in [0.29, 0.717) is 0 Å². The lowest BCUT2D eigenvalue weighted by molar-refractivity contribution is 0.643. The van der Waals surface area contributed by atoms with Crippen molar-refractivity contribution >= 4 is 6.34 Å². The third kappa shape index (κ3) is 3.26. The summed E-state index contributed by atoms with van der Waals surface area (Å²) in [5.74, 6) is 0. The summed E-state index contributed by atoms with van der Waals surface area (Å²) in [6, 6.07) is 0. The fraction of sp³-hybridized carbons (Fsp3) is 0.750. The van der Waals surface area contributed by atoms with Crippen molar-refractivity contribution in [1.82, 2.24) is 5.32 Å². The van der Waals surface area contributed by atoms with Gasteiger partial charge >= 0.3 is 0 Å². The Balaban J connectivity index is 3.16. The molecule has 0 rings (SSSR count). The summed E-state index contributed by atoms with van der Waals surface area (Å²) < 4.78 is 0. The first kappa shape index (κ1) is 6.43. The highest BCUT2D eigenvalue weighted by molar-refractivity contribution is 5.51. The molecule has 0 amide bonds. The second-order valence-electron chi connectivity index (χ2n) is 1.26. The molecule has 0 aliphatic carbocycles. The van der Waals surface area contributed by atoms with Gasteiger partial charge in [-0.15, -0.1) is 0 Å². The lowest BCUT2D eigenvalue weighted by Gasteiger charge is -1.98. The molecule has 3 N–H and O–H groups in total. The highest BCUT2D eigenvalue weighted by Crippen LogP contribution is 1.74. The maximum atomic E-state index is 4.97. The van der Waals surface area contributed by atoms with Gasteiger partial charge in [-0.3, -0.25) is 10.3 Å². The molecule has 7 heavy (non-hydrogen) atoms. The third-order valence-corrected chi connectivity index (χ3v) is 0.727. The maximum absolute atomic E-state index is 4.97. The molecule has 0 fully saturated rings. The van der Waals surface area contributed by atoms with E-state index in [9.17, 15) is 0 Å². The molecule has 0 aromatic rings. The molecule has 0 aliphatic heterocycles. The van der Waals surface area contributed by atoms with Crippen molar-refractivity contribution in [3.8, 4) is 0 Å². The van der Waals surface area contributed by atoms with Gasteiger partial charge in [0.25, 0.3) is 0 Å². The molecular weight excluding hydrogens is 90.1 g/mol. The van der Waals surface area contributed by atoms with Crippen LogP contribution in [0.25, 0.3) is 0 Å². The number of aliphatic imine (C=N–C) groups is 1. The summed E-state index contributed by atoms with van der Waals surface area (Å²) in [5, 5.41) is 2.89. The van der Waals surface area contributed by atoms with Gasteiger partial charge < -0.3 is 5.73 Å². The molecule has 3 nitrogen and oxygen atoms in total. The van der Waals surface area contributed by atoms with E-state index in [1.165, 1.54) is 6.34 Å². The van der Waals surface area contributed by atoms with Gasteiger partial charge in [-0.2, -0.15) is 0 Å². The standard InChI is InChI=1S/C4H11N3/c1-4(6-2)7-3-5/h3-4,6H,1-2H3,(H2,5,7)/t4-/m0/s1. The van der Waals surface area contributed by atoms with E-state index in [0.717, 1.165) is 0 Å². The Morgan fingerprint density at radius 1 is 1.86 bits per heavy atom. The Bertz CT molecular complexity index is 60.0. The van der Waals surface area contributed by atoms with Crippen molar-refractivity contribution < 1.29 is 0 Å². The second-order valence-corrected chi connectivity index (χ2v) is 1.26. The number of hydrogen-bond donors (Lipinski definition) is 2. The quantitative estimate of drug-likeness (QED) is 0.365. The van der Waals surface area contributed by atoms with Gasteiger partial charge in [0.05, 0.1) is 12.5 Å². The minimum absolute atomic E-state index is 0.144. The predicted molar refractivity (Wildman–Crippen MR) is 31.2 cm³/mol. The number of hydrogen-bond acceptors (Lipinski definition) is 2. The topological polar surface area (TPSA) is 50.4 Å². The van der Waals surface area contributed by atoms with E-state index >= 15 is 0 Å². The summed E-state index contributed by atoms with van der Waals surface area (Å²) in [5.41, 5.74) is 4.97. The highest BCUT2D eigenvalue weighted by atomic mass is 15.0. The summed E-state index contributed by atoms with van der Waals surface area (Å²) in [4.78, 5) is 3.78. The first-order chi connectivity index (χ1) is 3.31. The van der Waals surface area contributed by atoms with Crippen LogP contribution in [0.3, 0.4) is 0 Å². The van der Waals surface area contributed by atoms with Crippen molar-refractivity contribution in [1.29, 1.82) is 0 Å². The van der Waals surface area contributed by atoms with Crippen LogP contribution in [-0.2, 0) is 0 Å². The summed E-state index contributed by atoms with van der Waals surface area (Å²) >= 11 is 0. The van der Waals surface area contributed by atoms with E-state index in [-0.39, 0.29) is 6.17 Å². The molecule has 0 saturated heterocycles. The minimum Gasteiger partial charge on any atom is -0.390 e. The first-order valence-corrected chi connectivity index (χ1v) is 2.22. The average molecular weight is 101 g/mol. The Kier molecular flexibility index (Phi) is 3.32. The molecule has 0 unspecified atom stereocenters. The monoisotopic (exact) mass is 101 g/mol. The van der Waals surface area contributed by atoms with Crippen LogP contribution in [-0.4, -0.2) is 19.6 Å². The second kappa shape index (κ2) is 3.61. The van der Waals surface area contributed by atoms with Crippen LogP contribution < -0.4 is 11.1 Å². The number of nitrogens with two attached hydrogens (primary N) is 1. The minimum atomic E-state index is 0.144. The largest absolute Gasteiger partial charge is 0.390 e. The Hall–Kier alpha value is -0.570. The summed E-state index contributed by atoms with van der Waals surface area (Å²) in [6.45, 7) is 1.92. The van der Waals surface area contributed by atoms with Gasteiger partial charge in [0.2, 0.25) is 0 Å². The Labute approximate surface area is 43.6 Å². The fourth-order valence-corrected chi connectivity index (χ4v) is 0.204. The van der Waals surface area contributed by atoms with Crippen molar-refractivity contribution in [2.75, 3.05) is 7.05 Å². The molecule has 1 atom stereocenters. The van der Waals surface area contributed by atoms with Gasteiger partial charge in [-0.05, 0) is 14.0 Å². The van der Waals surface area contributed by atoms with Crippen LogP contribution in [0.1, 0.15) is 6.92 Å². The van der Waals surface area contributed by atoms with Crippen LogP contribution in [0, 0.1) is 0 Å². The maximum Gasteiger partial charge on any atom is 0.0980 e. The molecular formula is C4H11N3. The number of nitrogens with zero attached hydrogens (tertiary/aromatic N) is 1. The van der Waals surface area contributed by atoms with Gasteiger partial charge in [0.15, 0.2) is 0 Å². The predicted octanol–water partition coefficient (Wildman–Crippen LogP) is -0.461. The molecule has 0 heterocycles. The van der Waals surface area contributed by atoms with Crippen molar-refractivity contribution in [3.05, 3.63) is 0 Å². The van der Waals surface area contributed by atoms with Crippen molar-refractivity contribution in [3.63, 3.8) is 0 Å². The lowest BCUT2D eigenvalue weighted by atomic mass is 10.6. The molecule has 0 spiro atoms. The first-order valence-electron chi connectivity index (χ1n) is 2.22. The van der Waals surface area contributed by atoms with Crippen LogP contribution in [0.5, 0.6) is 0 Å². The van der Waals surface area contributed by atoms with Crippen molar-refractivity contribution in [2.45, 2.75) is 13.1 Å². The average Bonchev–Trinajstić information content (AvgIpc) is 1.68. The summed E-state index contributed by atoms with van der Waals surface area (Å²) in [7, 11) is 1.83. The van der Waals surface area contributed by atoms with E-state index in [4.69, 9.17) is 5.73 Å². The van der Waals surface area contributed by atoms with Crippen LogP contribution in [0.4, 0.5) is 0 Å². The van der Waals surface area contributed by atoms with Gasteiger partial charge in [-0.25, -0.2) is 0 Å². The highest BCUT2D eigenvalue weighted by Gasteiger charge is 1.84. The SMILES string of the molecule is CN[C@H](C)N=CN. The number of rotatable bonds is 2. The molecule has 0 radical (unpaired) electrons. The van der Waals surface area contributed by atoms with Gasteiger partial charge in [-0.1, -0.05) is 0 Å². The normalized spacial score (nSPS) is 15.1. The molecule has 0 aromatic heterocycles. The zero-order chi connectivity index (χ0) is 5.70. The van der Waals surface area contributed by atoms with Crippen LogP contribution in [0.2, 0.25) is 0 Å². The molecule has 42 valence electrons. The molecule has 0 bridgehead atoms.